The van der Waals surface area contributed by atoms with Crippen LogP contribution in [0.1, 0.15) is 44.1 Å². The molecule has 2 heterocycles. The lowest BCUT2D eigenvalue weighted by Crippen LogP contribution is -2.42. The number of likely N-dealkylation sites (tertiary alicyclic amines) is 1. The molecule has 0 aliphatic carbocycles. The van der Waals surface area contributed by atoms with Gasteiger partial charge in [-0.15, -0.1) is 0 Å². The molecule has 2 rings (SSSR count). The van der Waals surface area contributed by atoms with Crippen LogP contribution in [0.15, 0.2) is 10.8 Å². The summed E-state index contributed by atoms with van der Waals surface area (Å²) in [5.41, 5.74) is 1.01. The molecule has 1 unspecified atom stereocenters. The summed E-state index contributed by atoms with van der Waals surface area (Å²) in [4.78, 5) is 20.4. The number of amides is 1. The Balaban J connectivity index is 1.99. The second kappa shape index (κ2) is 6.39. The molecular weight excluding hydrogens is 254 g/mol. The van der Waals surface area contributed by atoms with Gasteiger partial charge in [-0.25, -0.2) is 4.98 Å². The lowest BCUT2D eigenvalue weighted by atomic mass is 9.96. The van der Waals surface area contributed by atoms with Crippen molar-refractivity contribution in [2.24, 2.45) is 5.92 Å². The number of carbonyl (C=O) groups is 1. The molecule has 20 heavy (non-hydrogen) atoms. The van der Waals surface area contributed by atoms with E-state index in [-0.39, 0.29) is 11.8 Å². The molecule has 1 amide bonds. The molecular formula is C15H25N3O2. The van der Waals surface area contributed by atoms with Crippen LogP contribution in [0.25, 0.3) is 0 Å². The second-order valence-corrected chi connectivity index (χ2v) is 6.12. The van der Waals surface area contributed by atoms with Crippen LogP contribution in [-0.4, -0.2) is 47.9 Å². The Morgan fingerprint density at radius 1 is 1.55 bits per heavy atom. The average Bonchev–Trinajstić information content (AvgIpc) is 2.86. The summed E-state index contributed by atoms with van der Waals surface area (Å²) in [5, 5.41) is 0. The van der Waals surface area contributed by atoms with E-state index in [1.54, 1.807) is 4.90 Å². The Labute approximate surface area is 121 Å². The minimum atomic E-state index is 0.119. The second-order valence-electron chi connectivity index (χ2n) is 6.12. The van der Waals surface area contributed by atoms with E-state index in [1.807, 2.05) is 14.1 Å². The van der Waals surface area contributed by atoms with Gasteiger partial charge < -0.3 is 9.32 Å². The first-order valence-electron chi connectivity index (χ1n) is 7.34. The molecule has 1 aliphatic heterocycles. The maximum Gasteiger partial charge on any atom is 0.226 e. The fourth-order valence-corrected chi connectivity index (χ4v) is 2.84. The van der Waals surface area contributed by atoms with Gasteiger partial charge >= 0.3 is 0 Å². The molecule has 1 atom stereocenters. The first-order chi connectivity index (χ1) is 9.49. The van der Waals surface area contributed by atoms with Crippen LogP contribution in [-0.2, 0) is 11.3 Å². The van der Waals surface area contributed by atoms with Gasteiger partial charge in [-0.05, 0) is 19.4 Å². The van der Waals surface area contributed by atoms with Gasteiger partial charge in [0.25, 0.3) is 0 Å². The van der Waals surface area contributed by atoms with Crippen molar-refractivity contribution in [2.75, 3.05) is 27.2 Å². The van der Waals surface area contributed by atoms with Crippen molar-refractivity contribution in [3.8, 4) is 0 Å². The first kappa shape index (κ1) is 15.0. The summed E-state index contributed by atoms with van der Waals surface area (Å²) in [7, 11) is 3.66. The Bertz CT molecular complexity index is 454. The molecule has 1 aliphatic rings. The number of hydrogen-bond acceptors (Lipinski definition) is 4. The Hall–Kier alpha value is -1.36. The highest BCUT2D eigenvalue weighted by molar-refractivity contribution is 5.78. The normalized spacial score (nSPS) is 20.4. The van der Waals surface area contributed by atoms with Crippen molar-refractivity contribution in [3.63, 3.8) is 0 Å². The maximum absolute atomic E-state index is 12.1. The molecule has 1 fully saturated rings. The number of nitrogens with zero attached hydrogens (tertiary/aromatic N) is 3. The molecule has 112 valence electrons. The van der Waals surface area contributed by atoms with Crippen LogP contribution < -0.4 is 0 Å². The van der Waals surface area contributed by atoms with Crippen LogP contribution in [0, 0.1) is 5.92 Å². The highest BCUT2D eigenvalue weighted by Crippen LogP contribution is 2.23. The number of carbonyl (C=O) groups excluding carboxylic acids is 1. The van der Waals surface area contributed by atoms with Gasteiger partial charge in [-0.2, -0.15) is 0 Å². The Kier molecular flexibility index (Phi) is 4.81. The topological polar surface area (TPSA) is 49.6 Å². The summed E-state index contributed by atoms with van der Waals surface area (Å²) in [6, 6.07) is 0. The van der Waals surface area contributed by atoms with Crippen molar-refractivity contribution in [1.29, 1.82) is 0 Å². The SMILES string of the molecule is CC(C)c1ocnc1CN1CCCC(C(=O)N(C)C)C1. The molecule has 0 spiro atoms. The third-order valence-electron chi connectivity index (χ3n) is 3.87. The largest absolute Gasteiger partial charge is 0.448 e. The van der Waals surface area contributed by atoms with Gasteiger partial charge in [0.15, 0.2) is 6.39 Å². The predicted molar refractivity (Wildman–Crippen MR) is 77.3 cm³/mol. The van der Waals surface area contributed by atoms with Gasteiger partial charge in [-0.3, -0.25) is 9.69 Å². The maximum atomic E-state index is 12.1. The lowest BCUT2D eigenvalue weighted by molar-refractivity contribution is -0.134. The fraction of sp³-hybridized carbons (Fsp3) is 0.733. The molecule has 0 saturated carbocycles. The lowest BCUT2D eigenvalue weighted by Gasteiger charge is -2.32. The van der Waals surface area contributed by atoms with Gasteiger partial charge in [0.2, 0.25) is 5.91 Å². The van der Waals surface area contributed by atoms with Crippen molar-refractivity contribution in [1.82, 2.24) is 14.8 Å². The quantitative estimate of drug-likeness (QED) is 0.847. The van der Waals surface area contributed by atoms with E-state index in [4.69, 9.17) is 4.42 Å². The summed E-state index contributed by atoms with van der Waals surface area (Å²) in [6.45, 7) is 6.85. The van der Waals surface area contributed by atoms with Gasteiger partial charge in [0.1, 0.15) is 5.76 Å². The smallest absolute Gasteiger partial charge is 0.226 e. The molecule has 0 aromatic carbocycles. The molecule has 0 bridgehead atoms. The predicted octanol–water partition coefficient (Wildman–Crippen LogP) is 2.10. The van der Waals surface area contributed by atoms with E-state index >= 15 is 0 Å². The van der Waals surface area contributed by atoms with Gasteiger partial charge in [-0.1, -0.05) is 13.8 Å². The third-order valence-corrected chi connectivity index (χ3v) is 3.87. The molecule has 0 N–H and O–H groups in total. The monoisotopic (exact) mass is 279 g/mol. The first-order valence-corrected chi connectivity index (χ1v) is 7.34. The van der Waals surface area contributed by atoms with Crippen LogP contribution in [0.5, 0.6) is 0 Å². The summed E-state index contributed by atoms with van der Waals surface area (Å²) in [6.07, 6.45) is 3.58. The van der Waals surface area contributed by atoms with Crippen molar-refractivity contribution in [2.45, 2.75) is 39.2 Å². The van der Waals surface area contributed by atoms with Crippen molar-refractivity contribution in [3.05, 3.63) is 17.8 Å². The molecule has 1 aromatic rings. The van der Waals surface area contributed by atoms with E-state index in [0.29, 0.717) is 5.92 Å². The zero-order valence-corrected chi connectivity index (χ0v) is 12.9. The van der Waals surface area contributed by atoms with Gasteiger partial charge in [0.05, 0.1) is 11.6 Å². The van der Waals surface area contributed by atoms with E-state index in [9.17, 15) is 4.79 Å². The number of oxazole rings is 1. The molecule has 1 aromatic heterocycles. The van der Waals surface area contributed by atoms with Crippen molar-refractivity contribution >= 4 is 5.91 Å². The average molecular weight is 279 g/mol. The summed E-state index contributed by atoms with van der Waals surface area (Å²) < 4.78 is 5.47. The van der Waals surface area contributed by atoms with Crippen LogP contribution in [0.4, 0.5) is 0 Å². The molecule has 1 saturated heterocycles. The Morgan fingerprint density at radius 2 is 2.30 bits per heavy atom. The van der Waals surface area contributed by atoms with E-state index < -0.39 is 0 Å². The third kappa shape index (κ3) is 3.39. The van der Waals surface area contributed by atoms with Gasteiger partial charge in [0, 0.05) is 33.1 Å². The highest BCUT2D eigenvalue weighted by atomic mass is 16.3. The van der Waals surface area contributed by atoms with Crippen molar-refractivity contribution < 1.29 is 9.21 Å². The molecule has 5 heteroatoms. The summed E-state index contributed by atoms with van der Waals surface area (Å²) >= 11 is 0. The summed E-state index contributed by atoms with van der Waals surface area (Å²) in [5.74, 6) is 1.66. The highest BCUT2D eigenvalue weighted by Gasteiger charge is 2.27. The number of aromatic nitrogens is 1. The fourth-order valence-electron chi connectivity index (χ4n) is 2.84. The number of rotatable bonds is 4. The number of hydrogen-bond donors (Lipinski definition) is 0. The molecule has 5 nitrogen and oxygen atoms in total. The minimum absolute atomic E-state index is 0.119. The van der Waals surface area contributed by atoms with Crippen LogP contribution in [0.2, 0.25) is 0 Å². The zero-order chi connectivity index (χ0) is 14.7. The van der Waals surface area contributed by atoms with E-state index in [1.165, 1.54) is 6.39 Å². The zero-order valence-electron chi connectivity index (χ0n) is 12.9. The standard InChI is InChI=1S/C15H25N3O2/c1-11(2)14-13(16-10-20-14)9-18-7-5-6-12(8-18)15(19)17(3)4/h10-12H,5-9H2,1-4H3. The minimum Gasteiger partial charge on any atom is -0.448 e. The van der Waals surface area contributed by atoms with Crippen LogP contribution in [0.3, 0.4) is 0 Å². The Morgan fingerprint density at radius 3 is 2.95 bits per heavy atom. The van der Waals surface area contributed by atoms with E-state index in [2.05, 4.69) is 23.7 Å². The molecule has 0 radical (unpaired) electrons. The van der Waals surface area contributed by atoms with E-state index in [0.717, 1.165) is 43.9 Å². The number of piperidine rings is 1. The van der Waals surface area contributed by atoms with Crippen LogP contribution >= 0.6 is 0 Å².